The van der Waals surface area contributed by atoms with Gasteiger partial charge in [-0.05, 0) is 43.9 Å². The standard InChI is InChI=1S/C27H50O4/c1-5-7-18-26(30)31-24(27(3,4)21-8-6-2)20-19-23-16-13-15-22(23)14-11-9-10-12-17-25(28)29/h22-24H,5-21H2,1-4H3,(H,28,29)/t22-,23+,24-/m0/s1. The first-order valence-corrected chi connectivity index (χ1v) is 13.2. The van der Waals surface area contributed by atoms with E-state index in [9.17, 15) is 9.59 Å². The highest BCUT2D eigenvalue weighted by Crippen LogP contribution is 2.41. The number of aliphatic carboxylic acids is 1. The van der Waals surface area contributed by atoms with Crippen molar-refractivity contribution in [2.45, 2.75) is 143 Å². The lowest BCUT2D eigenvalue weighted by Crippen LogP contribution is -2.34. The predicted molar refractivity (Wildman–Crippen MR) is 128 cm³/mol. The lowest BCUT2D eigenvalue weighted by molar-refractivity contribution is -0.156. The van der Waals surface area contributed by atoms with E-state index in [0.717, 1.165) is 56.8 Å². The molecule has 0 aromatic rings. The Kier molecular flexibility index (Phi) is 14.2. The average molecular weight is 439 g/mol. The van der Waals surface area contributed by atoms with E-state index in [1.807, 2.05) is 0 Å². The first-order chi connectivity index (χ1) is 14.8. The molecular weight excluding hydrogens is 388 g/mol. The van der Waals surface area contributed by atoms with E-state index in [4.69, 9.17) is 9.84 Å². The lowest BCUT2D eigenvalue weighted by atomic mass is 9.77. The third-order valence-electron chi connectivity index (χ3n) is 7.39. The van der Waals surface area contributed by atoms with E-state index in [2.05, 4.69) is 27.7 Å². The molecule has 1 aliphatic carbocycles. The fourth-order valence-corrected chi connectivity index (χ4v) is 5.22. The van der Waals surface area contributed by atoms with Crippen molar-refractivity contribution in [3.63, 3.8) is 0 Å². The molecule has 4 nitrogen and oxygen atoms in total. The highest BCUT2D eigenvalue weighted by molar-refractivity contribution is 5.69. The highest BCUT2D eigenvalue weighted by Gasteiger charge is 2.34. The molecule has 182 valence electrons. The van der Waals surface area contributed by atoms with Gasteiger partial charge in [0.15, 0.2) is 0 Å². The van der Waals surface area contributed by atoms with Crippen LogP contribution in [0.25, 0.3) is 0 Å². The molecule has 1 aliphatic rings. The second-order valence-corrected chi connectivity index (χ2v) is 10.5. The first-order valence-electron chi connectivity index (χ1n) is 13.2. The minimum atomic E-state index is -0.678. The molecule has 0 spiro atoms. The van der Waals surface area contributed by atoms with Crippen LogP contribution in [0.2, 0.25) is 0 Å². The van der Waals surface area contributed by atoms with Crippen LogP contribution in [0.5, 0.6) is 0 Å². The SMILES string of the molecule is CCCCC(=O)O[C@@H](CC[C@H]1CCC[C@@H]1CCCCCCC(=O)O)C(C)(C)CCCC. The minimum Gasteiger partial charge on any atom is -0.481 e. The fourth-order valence-electron chi connectivity index (χ4n) is 5.22. The van der Waals surface area contributed by atoms with E-state index in [-0.39, 0.29) is 17.5 Å². The lowest BCUT2D eigenvalue weighted by Gasteiger charge is -2.35. The molecule has 0 aromatic carbocycles. The van der Waals surface area contributed by atoms with Crippen molar-refractivity contribution in [1.29, 1.82) is 0 Å². The number of carbonyl (C=O) groups is 2. The Morgan fingerprint density at radius 3 is 2.19 bits per heavy atom. The summed E-state index contributed by atoms with van der Waals surface area (Å²) in [6.45, 7) is 8.90. The van der Waals surface area contributed by atoms with Gasteiger partial charge in [-0.2, -0.15) is 0 Å². The van der Waals surface area contributed by atoms with Gasteiger partial charge in [-0.3, -0.25) is 9.59 Å². The monoisotopic (exact) mass is 438 g/mol. The molecule has 0 radical (unpaired) electrons. The van der Waals surface area contributed by atoms with Crippen molar-refractivity contribution in [1.82, 2.24) is 0 Å². The summed E-state index contributed by atoms with van der Waals surface area (Å²) in [5, 5.41) is 8.75. The zero-order chi connectivity index (χ0) is 23.1. The third kappa shape index (κ3) is 11.9. The summed E-state index contributed by atoms with van der Waals surface area (Å²) in [4.78, 5) is 23.0. The quantitative estimate of drug-likeness (QED) is 0.174. The van der Waals surface area contributed by atoms with Gasteiger partial charge >= 0.3 is 11.9 Å². The molecule has 1 fully saturated rings. The summed E-state index contributed by atoms with van der Waals surface area (Å²) in [6, 6.07) is 0. The number of carboxylic acids is 1. The van der Waals surface area contributed by atoms with E-state index < -0.39 is 5.97 Å². The van der Waals surface area contributed by atoms with E-state index in [1.165, 1.54) is 51.4 Å². The van der Waals surface area contributed by atoms with E-state index in [0.29, 0.717) is 12.8 Å². The Bertz CT molecular complexity index is 499. The molecule has 0 bridgehead atoms. The molecule has 1 rings (SSSR count). The number of carbonyl (C=O) groups excluding carboxylic acids is 1. The van der Waals surface area contributed by atoms with Gasteiger partial charge in [0.2, 0.25) is 0 Å². The van der Waals surface area contributed by atoms with Crippen molar-refractivity contribution in [3.05, 3.63) is 0 Å². The van der Waals surface area contributed by atoms with Crippen LogP contribution >= 0.6 is 0 Å². The fraction of sp³-hybridized carbons (Fsp3) is 0.926. The molecule has 4 heteroatoms. The smallest absolute Gasteiger partial charge is 0.306 e. The molecule has 0 aliphatic heterocycles. The van der Waals surface area contributed by atoms with E-state index in [1.54, 1.807) is 0 Å². The van der Waals surface area contributed by atoms with Gasteiger partial charge in [-0.15, -0.1) is 0 Å². The van der Waals surface area contributed by atoms with Crippen LogP contribution in [0.4, 0.5) is 0 Å². The van der Waals surface area contributed by atoms with Crippen molar-refractivity contribution in [2.75, 3.05) is 0 Å². The van der Waals surface area contributed by atoms with Gasteiger partial charge in [0.25, 0.3) is 0 Å². The van der Waals surface area contributed by atoms with Crippen molar-refractivity contribution in [2.24, 2.45) is 17.3 Å². The van der Waals surface area contributed by atoms with Crippen LogP contribution in [0, 0.1) is 17.3 Å². The normalized spacial score (nSPS) is 20.0. The Morgan fingerprint density at radius 1 is 0.903 bits per heavy atom. The van der Waals surface area contributed by atoms with Crippen LogP contribution < -0.4 is 0 Å². The maximum absolute atomic E-state index is 12.4. The molecule has 1 N–H and O–H groups in total. The zero-order valence-corrected chi connectivity index (χ0v) is 20.9. The molecule has 0 amide bonds. The predicted octanol–water partition coefficient (Wildman–Crippen LogP) is 7.93. The molecule has 1 saturated carbocycles. The Labute approximate surface area is 191 Å². The van der Waals surface area contributed by atoms with Crippen LogP contribution in [0.15, 0.2) is 0 Å². The number of carboxylic acid groups (broad SMARTS) is 1. The zero-order valence-electron chi connectivity index (χ0n) is 20.9. The highest BCUT2D eigenvalue weighted by atomic mass is 16.5. The number of hydrogen-bond donors (Lipinski definition) is 1. The summed E-state index contributed by atoms with van der Waals surface area (Å²) in [7, 11) is 0. The summed E-state index contributed by atoms with van der Waals surface area (Å²) in [5.41, 5.74) is 0.0378. The van der Waals surface area contributed by atoms with E-state index >= 15 is 0 Å². The second-order valence-electron chi connectivity index (χ2n) is 10.5. The second kappa shape index (κ2) is 15.7. The van der Waals surface area contributed by atoms with Crippen LogP contribution in [-0.4, -0.2) is 23.1 Å². The van der Waals surface area contributed by atoms with Gasteiger partial charge in [-0.1, -0.05) is 91.9 Å². The average Bonchev–Trinajstić information content (AvgIpc) is 3.17. The number of rotatable bonds is 18. The summed E-state index contributed by atoms with van der Waals surface area (Å²) in [6.07, 6.45) is 17.9. The number of hydrogen-bond acceptors (Lipinski definition) is 3. The molecular formula is C27H50O4. The van der Waals surface area contributed by atoms with Crippen LogP contribution in [-0.2, 0) is 14.3 Å². The molecule has 0 unspecified atom stereocenters. The van der Waals surface area contributed by atoms with Gasteiger partial charge in [0.05, 0.1) is 0 Å². The van der Waals surface area contributed by atoms with Gasteiger partial charge < -0.3 is 9.84 Å². The number of unbranched alkanes of at least 4 members (excludes halogenated alkanes) is 5. The van der Waals surface area contributed by atoms with Crippen molar-refractivity contribution >= 4 is 11.9 Å². The number of esters is 1. The minimum absolute atomic E-state index is 0.0132. The Morgan fingerprint density at radius 2 is 1.55 bits per heavy atom. The van der Waals surface area contributed by atoms with Crippen LogP contribution in [0.3, 0.4) is 0 Å². The van der Waals surface area contributed by atoms with Crippen molar-refractivity contribution < 1.29 is 19.4 Å². The van der Waals surface area contributed by atoms with Gasteiger partial charge in [-0.25, -0.2) is 0 Å². The topological polar surface area (TPSA) is 63.6 Å². The first kappa shape index (κ1) is 28.0. The molecule has 0 aromatic heterocycles. The Balaban J connectivity index is 2.52. The maximum Gasteiger partial charge on any atom is 0.306 e. The number of ether oxygens (including phenoxy) is 1. The molecule has 3 atom stereocenters. The molecule has 0 heterocycles. The summed E-state index contributed by atoms with van der Waals surface area (Å²) >= 11 is 0. The summed E-state index contributed by atoms with van der Waals surface area (Å²) in [5.74, 6) is 0.871. The maximum atomic E-state index is 12.4. The van der Waals surface area contributed by atoms with Crippen LogP contribution in [0.1, 0.15) is 137 Å². The summed E-state index contributed by atoms with van der Waals surface area (Å²) < 4.78 is 6.07. The largest absolute Gasteiger partial charge is 0.481 e. The molecule has 0 saturated heterocycles. The van der Waals surface area contributed by atoms with Gasteiger partial charge in [0, 0.05) is 18.3 Å². The third-order valence-corrected chi connectivity index (χ3v) is 7.39. The van der Waals surface area contributed by atoms with Gasteiger partial charge in [0.1, 0.15) is 6.10 Å². The molecule has 31 heavy (non-hydrogen) atoms. The van der Waals surface area contributed by atoms with Crippen molar-refractivity contribution in [3.8, 4) is 0 Å². The Hall–Kier alpha value is -1.06.